The van der Waals surface area contributed by atoms with Crippen molar-refractivity contribution < 1.29 is 9.53 Å². The minimum absolute atomic E-state index is 0.162. The zero-order valence-electron chi connectivity index (χ0n) is 12.0. The monoisotopic (exact) mass is 277 g/mol. The highest BCUT2D eigenvalue weighted by molar-refractivity contribution is 5.78. The number of rotatable bonds is 4. The van der Waals surface area contributed by atoms with Crippen LogP contribution in [0, 0.1) is 0 Å². The topological polar surface area (TPSA) is 67.6 Å². The molecular formula is C15H23N3O2. The molecule has 5 heteroatoms. The van der Waals surface area contributed by atoms with Crippen molar-refractivity contribution in [2.75, 3.05) is 19.7 Å². The molecule has 0 aliphatic carbocycles. The molecule has 1 fully saturated rings. The maximum Gasteiger partial charge on any atom is 0.238 e. The molecule has 3 N–H and O–H groups in total. The number of hydrazine groups is 1. The molecule has 5 nitrogen and oxygen atoms in total. The molecule has 1 aromatic carbocycles. The van der Waals surface area contributed by atoms with Gasteiger partial charge in [0.15, 0.2) is 0 Å². The molecule has 110 valence electrons. The molecule has 0 bridgehead atoms. The van der Waals surface area contributed by atoms with E-state index in [0.29, 0.717) is 6.42 Å². The molecule has 1 amide bonds. The molecule has 2 rings (SSSR count). The largest absolute Gasteiger partial charge is 0.377 e. The van der Waals surface area contributed by atoms with Crippen molar-refractivity contribution in [3.63, 3.8) is 0 Å². The molecular weight excluding hydrogens is 254 g/mol. The van der Waals surface area contributed by atoms with Crippen LogP contribution in [0.5, 0.6) is 0 Å². The molecule has 1 unspecified atom stereocenters. The maximum atomic E-state index is 11.5. The maximum absolute atomic E-state index is 11.5. The molecule has 0 aromatic heterocycles. The second kappa shape index (κ2) is 7.38. The Labute approximate surface area is 120 Å². The molecule has 1 heterocycles. The fraction of sp³-hybridized carbons (Fsp3) is 0.533. The Morgan fingerprint density at radius 1 is 1.45 bits per heavy atom. The molecule has 1 atom stereocenters. The van der Waals surface area contributed by atoms with Crippen LogP contribution in [0.3, 0.4) is 0 Å². The number of hydrogen-bond acceptors (Lipinski definition) is 4. The van der Waals surface area contributed by atoms with E-state index >= 15 is 0 Å². The fourth-order valence-electron chi connectivity index (χ4n) is 2.57. The SMILES string of the molecule is CC1CN(Cc2ccccc2CC(=O)NN)CCCO1. The predicted octanol–water partition coefficient (Wildman–Crippen LogP) is 0.830. The highest BCUT2D eigenvalue weighted by Gasteiger charge is 2.16. The molecule has 0 saturated carbocycles. The first-order valence-electron chi connectivity index (χ1n) is 7.09. The first-order valence-corrected chi connectivity index (χ1v) is 7.09. The zero-order chi connectivity index (χ0) is 14.4. The first kappa shape index (κ1) is 15.0. The number of nitrogens with zero attached hydrogens (tertiary/aromatic N) is 1. The minimum Gasteiger partial charge on any atom is -0.377 e. The zero-order valence-corrected chi connectivity index (χ0v) is 12.0. The number of amides is 1. The Kier molecular flexibility index (Phi) is 5.52. The third-order valence-electron chi connectivity index (χ3n) is 3.56. The molecule has 1 saturated heterocycles. The van der Waals surface area contributed by atoms with Crippen LogP contribution >= 0.6 is 0 Å². The summed E-state index contributed by atoms with van der Waals surface area (Å²) in [6.07, 6.45) is 1.64. The number of ether oxygens (including phenoxy) is 1. The van der Waals surface area contributed by atoms with Crippen LogP contribution < -0.4 is 11.3 Å². The van der Waals surface area contributed by atoms with Gasteiger partial charge in [0.25, 0.3) is 0 Å². The van der Waals surface area contributed by atoms with Gasteiger partial charge in [-0.05, 0) is 24.5 Å². The quantitative estimate of drug-likeness (QED) is 0.486. The second-order valence-electron chi connectivity index (χ2n) is 5.28. The molecule has 0 spiro atoms. The van der Waals surface area contributed by atoms with Crippen molar-refractivity contribution in [1.29, 1.82) is 0 Å². The van der Waals surface area contributed by atoms with Crippen LogP contribution in [0.1, 0.15) is 24.5 Å². The van der Waals surface area contributed by atoms with Crippen molar-refractivity contribution >= 4 is 5.91 Å². The lowest BCUT2D eigenvalue weighted by atomic mass is 10.0. The van der Waals surface area contributed by atoms with E-state index in [0.717, 1.165) is 38.2 Å². The minimum atomic E-state index is -0.162. The summed E-state index contributed by atoms with van der Waals surface area (Å²) in [5.41, 5.74) is 4.41. The number of nitrogens with two attached hydrogens (primary N) is 1. The lowest BCUT2D eigenvalue weighted by molar-refractivity contribution is -0.120. The summed E-state index contributed by atoms with van der Waals surface area (Å²) in [7, 11) is 0. The summed E-state index contributed by atoms with van der Waals surface area (Å²) in [4.78, 5) is 13.8. The molecule has 1 aromatic rings. The lowest BCUT2D eigenvalue weighted by Gasteiger charge is -2.23. The summed E-state index contributed by atoms with van der Waals surface area (Å²) in [6.45, 7) is 5.74. The van der Waals surface area contributed by atoms with Gasteiger partial charge in [-0.3, -0.25) is 15.1 Å². The van der Waals surface area contributed by atoms with Crippen molar-refractivity contribution in [3.8, 4) is 0 Å². The van der Waals surface area contributed by atoms with E-state index in [4.69, 9.17) is 10.6 Å². The van der Waals surface area contributed by atoms with E-state index in [2.05, 4.69) is 23.3 Å². The van der Waals surface area contributed by atoms with Gasteiger partial charge >= 0.3 is 0 Å². The van der Waals surface area contributed by atoms with Gasteiger partial charge in [0.05, 0.1) is 12.5 Å². The van der Waals surface area contributed by atoms with E-state index < -0.39 is 0 Å². The normalized spacial score (nSPS) is 20.4. The molecule has 0 radical (unpaired) electrons. The smallest absolute Gasteiger partial charge is 0.238 e. The Balaban J connectivity index is 2.06. The van der Waals surface area contributed by atoms with Crippen LogP contribution in [0.2, 0.25) is 0 Å². The highest BCUT2D eigenvalue weighted by atomic mass is 16.5. The average Bonchev–Trinajstić information content (AvgIpc) is 2.65. The summed E-state index contributed by atoms with van der Waals surface area (Å²) in [5, 5.41) is 0. The summed E-state index contributed by atoms with van der Waals surface area (Å²) in [6, 6.07) is 8.03. The van der Waals surface area contributed by atoms with Gasteiger partial charge in [-0.2, -0.15) is 0 Å². The number of benzene rings is 1. The lowest BCUT2D eigenvalue weighted by Crippen LogP contribution is -2.33. The van der Waals surface area contributed by atoms with Crippen LogP contribution in [-0.2, 0) is 22.5 Å². The van der Waals surface area contributed by atoms with Crippen LogP contribution in [0.4, 0.5) is 0 Å². The molecule has 20 heavy (non-hydrogen) atoms. The van der Waals surface area contributed by atoms with Crippen LogP contribution in [0.25, 0.3) is 0 Å². The average molecular weight is 277 g/mol. The van der Waals surface area contributed by atoms with Gasteiger partial charge in [0.2, 0.25) is 5.91 Å². The second-order valence-corrected chi connectivity index (χ2v) is 5.28. The van der Waals surface area contributed by atoms with E-state index in [-0.39, 0.29) is 12.0 Å². The van der Waals surface area contributed by atoms with Gasteiger partial charge < -0.3 is 4.74 Å². The van der Waals surface area contributed by atoms with Gasteiger partial charge in [0.1, 0.15) is 0 Å². The Hall–Kier alpha value is -1.43. The predicted molar refractivity (Wildman–Crippen MR) is 77.8 cm³/mol. The van der Waals surface area contributed by atoms with Gasteiger partial charge in [0, 0.05) is 26.2 Å². The first-order chi connectivity index (χ1) is 9.69. The third-order valence-corrected chi connectivity index (χ3v) is 3.56. The van der Waals surface area contributed by atoms with Crippen molar-refractivity contribution in [2.45, 2.75) is 32.4 Å². The van der Waals surface area contributed by atoms with Gasteiger partial charge in [-0.25, -0.2) is 5.84 Å². The summed E-state index contributed by atoms with van der Waals surface area (Å²) in [5.74, 6) is 5.00. The number of carbonyl (C=O) groups is 1. The van der Waals surface area contributed by atoms with Gasteiger partial charge in [-0.1, -0.05) is 24.3 Å². The fourth-order valence-corrected chi connectivity index (χ4v) is 2.57. The highest BCUT2D eigenvalue weighted by Crippen LogP contribution is 2.15. The van der Waals surface area contributed by atoms with E-state index in [9.17, 15) is 4.79 Å². The van der Waals surface area contributed by atoms with Crippen molar-refractivity contribution in [3.05, 3.63) is 35.4 Å². The van der Waals surface area contributed by atoms with Crippen molar-refractivity contribution in [2.24, 2.45) is 5.84 Å². The standard InChI is InChI=1S/C15H23N3O2/c1-12-10-18(7-4-8-20-12)11-14-6-3-2-5-13(14)9-15(19)17-16/h2-3,5-6,12H,4,7-11,16H2,1H3,(H,17,19). The Morgan fingerprint density at radius 2 is 2.20 bits per heavy atom. The van der Waals surface area contributed by atoms with Crippen LogP contribution in [0.15, 0.2) is 24.3 Å². The number of hydrogen-bond donors (Lipinski definition) is 2. The summed E-state index contributed by atoms with van der Waals surface area (Å²) >= 11 is 0. The van der Waals surface area contributed by atoms with E-state index in [1.807, 2.05) is 18.2 Å². The summed E-state index contributed by atoms with van der Waals surface area (Å²) < 4.78 is 5.66. The number of carbonyl (C=O) groups excluding carboxylic acids is 1. The van der Waals surface area contributed by atoms with Gasteiger partial charge in [-0.15, -0.1) is 0 Å². The van der Waals surface area contributed by atoms with Crippen molar-refractivity contribution in [1.82, 2.24) is 10.3 Å². The molecule has 1 aliphatic rings. The van der Waals surface area contributed by atoms with E-state index in [1.54, 1.807) is 0 Å². The Morgan fingerprint density at radius 3 is 2.95 bits per heavy atom. The third kappa shape index (κ3) is 4.30. The van der Waals surface area contributed by atoms with E-state index in [1.165, 1.54) is 5.56 Å². The number of nitrogens with one attached hydrogen (secondary N) is 1. The molecule has 1 aliphatic heterocycles. The van der Waals surface area contributed by atoms with Crippen LogP contribution in [-0.4, -0.2) is 36.6 Å². The Bertz CT molecular complexity index is 450.